The van der Waals surface area contributed by atoms with Gasteiger partial charge in [0.25, 0.3) is 0 Å². The first-order valence-electron chi connectivity index (χ1n) is 6.98. The molecule has 0 bridgehead atoms. The molecule has 0 aliphatic carbocycles. The molecule has 0 aromatic heterocycles. The van der Waals surface area contributed by atoms with E-state index in [0.717, 1.165) is 30.6 Å². The lowest BCUT2D eigenvalue weighted by molar-refractivity contribution is 0.418. The van der Waals surface area contributed by atoms with Gasteiger partial charge in [-0.2, -0.15) is 0 Å². The molecule has 0 heterocycles. The monoisotopic (exact) mass is 266 g/mol. The SMILES string of the molecule is CCC(N)Cc1cc(F)ccc1N(C)CC(C)(C)C. The van der Waals surface area contributed by atoms with Gasteiger partial charge in [0.1, 0.15) is 5.82 Å². The Balaban J connectivity index is 2.98. The van der Waals surface area contributed by atoms with E-state index in [1.165, 1.54) is 6.07 Å². The van der Waals surface area contributed by atoms with Gasteiger partial charge in [-0.25, -0.2) is 4.39 Å². The van der Waals surface area contributed by atoms with Crippen LogP contribution in [0, 0.1) is 11.2 Å². The van der Waals surface area contributed by atoms with Crippen LogP contribution in [0.3, 0.4) is 0 Å². The first kappa shape index (κ1) is 16.0. The summed E-state index contributed by atoms with van der Waals surface area (Å²) in [4.78, 5) is 2.19. The van der Waals surface area contributed by atoms with Crippen LogP contribution in [0.5, 0.6) is 0 Å². The van der Waals surface area contributed by atoms with Crippen molar-refractivity contribution >= 4 is 5.69 Å². The van der Waals surface area contributed by atoms with Crippen molar-refractivity contribution in [1.82, 2.24) is 0 Å². The Kier molecular flexibility index (Phi) is 5.36. The van der Waals surface area contributed by atoms with Crippen LogP contribution in [-0.2, 0) is 6.42 Å². The Labute approximate surface area is 116 Å². The lowest BCUT2D eigenvalue weighted by Gasteiger charge is -2.30. The standard InChI is InChI=1S/C16H27FN2/c1-6-14(18)10-12-9-13(17)7-8-15(12)19(5)11-16(2,3)4/h7-9,14H,6,10-11,18H2,1-5H3. The molecule has 3 heteroatoms. The lowest BCUT2D eigenvalue weighted by Crippen LogP contribution is -2.31. The van der Waals surface area contributed by atoms with Crippen molar-refractivity contribution in [2.75, 3.05) is 18.5 Å². The third-order valence-electron chi connectivity index (χ3n) is 3.17. The second kappa shape index (κ2) is 6.38. The van der Waals surface area contributed by atoms with E-state index in [-0.39, 0.29) is 17.3 Å². The average Bonchev–Trinajstić information content (AvgIpc) is 2.26. The van der Waals surface area contributed by atoms with Gasteiger partial charge >= 0.3 is 0 Å². The molecule has 0 saturated heterocycles. The van der Waals surface area contributed by atoms with Gasteiger partial charge in [0.05, 0.1) is 0 Å². The number of hydrogen-bond acceptors (Lipinski definition) is 2. The number of rotatable bonds is 5. The van der Waals surface area contributed by atoms with E-state index >= 15 is 0 Å². The van der Waals surface area contributed by atoms with Crippen LogP contribution in [0.25, 0.3) is 0 Å². The van der Waals surface area contributed by atoms with Gasteiger partial charge in [0, 0.05) is 25.3 Å². The maximum Gasteiger partial charge on any atom is 0.123 e. The molecule has 1 unspecified atom stereocenters. The fourth-order valence-electron chi connectivity index (χ4n) is 2.31. The Morgan fingerprint density at radius 2 is 1.95 bits per heavy atom. The molecule has 0 saturated carbocycles. The maximum atomic E-state index is 13.4. The highest BCUT2D eigenvalue weighted by molar-refractivity contribution is 5.53. The zero-order valence-corrected chi connectivity index (χ0v) is 12.8. The Morgan fingerprint density at radius 3 is 2.47 bits per heavy atom. The number of nitrogens with two attached hydrogens (primary N) is 1. The van der Waals surface area contributed by atoms with E-state index in [1.807, 2.05) is 6.07 Å². The summed E-state index contributed by atoms with van der Waals surface area (Å²) in [5.74, 6) is -0.189. The number of hydrogen-bond donors (Lipinski definition) is 1. The molecule has 0 fully saturated rings. The van der Waals surface area contributed by atoms with Crippen LogP contribution in [0.15, 0.2) is 18.2 Å². The molecule has 0 aliphatic rings. The normalized spacial score (nSPS) is 13.4. The summed E-state index contributed by atoms with van der Waals surface area (Å²) < 4.78 is 13.4. The van der Waals surface area contributed by atoms with Crippen LogP contribution in [-0.4, -0.2) is 19.6 Å². The largest absolute Gasteiger partial charge is 0.374 e. The highest BCUT2D eigenvalue weighted by Gasteiger charge is 2.17. The van der Waals surface area contributed by atoms with Gasteiger partial charge < -0.3 is 10.6 Å². The molecule has 108 valence electrons. The maximum absolute atomic E-state index is 13.4. The van der Waals surface area contributed by atoms with E-state index in [4.69, 9.17) is 5.73 Å². The molecule has 0 amide bonds. The molecule has 2 N–H and O–H groups in total. The highest BCUT2D eigenvalue weighted by Crippen LogP contribution is 2.25. The van der Waals surface area contributed by atoms with Crippen molar-refractivity contribution in [3.05, 3.63) is 29.6 Å². The number of halogens is 1. The number of anilines is 1. The topological polar surface area (TPSA) is 29.3 Å². The fourth-order valence-corrected chi connectivity index (χ4v) is 2.31. The minimum Gasteiger partial charge on any atom is -0.374 e. The number of benzene rings is 1. The molecule has 1 aromatic rings. The van der Waals surface area contributed by atoms with Crippen molar-refractivity contribution in [3.8, 4) is 0 Å². The summed E-state index contributed by atoms with van der Waals surface area (Å²) in [6, 6.07) is 5.08. The van der Waals surface area contributed by atoms with Crippen molar-refractivity contribution in [3.63, 3.8) is 0 Å². The van der Waals surface area contributed by atoms with Gasteiger partial charge in [0.2, 0.25) is 0 Å². The average molecular weight is 266 g/mol. The molecule has 2 nitrogen and oxygen atoms in total. The van der Waals surface area contributed by atoms with Crippen LogP contribution in [0.2, 0.25) is 0 Å². The minimum absolute atomic E-state index is 0.0867. The zero-order chi connectivity index (χ0) is 14.6. The van der Waals surface area contributed by atoms with Gasteiger partial charge in [-0.1, -0.05) is 27.7 Å². The molecule has 19 heavy (non-hydrogen) atoms. The predicted octanol–water partition coefficient (Wildman–Crippen LogP) is 3.59. The molecule has 1 rings (SSSR count). The Morgan fingerprint density at radius 1 is 1.32 bits per heavy atom. The first-order valence-corrected chi connectivity index (χ1v) is 6.98. The van der Waals surface area contributed by atoms with Crippen molar-refractivity contribution in [1.29, 1.82) is 0 Å². The summed E-state index contributed by atoms with van der Waals surface area (Å²) in [6.45, 7) is 9.58. The van der Waals surface area contributed by atoms with Gasteiger partial charge in [0.15, 0.2) is 0 Å². The second-order valence-corrected chi connectivity index (χ2v) is 6.56. The van der Waals surface area contributed by atoms with E-state index in [9.17, 15) is 4.39 Å². The lowest BCUT2D eigenvalue weighted by atomic mass is 9.95. The van der Waals surface area contributed by atoms with E-state index < -0.39 is 0 Å². The van der Waals surface area contributed by atoms with Gasteiger partial charge in [-0.3, -0.25) is 0 Å². The summed E-state index contributed by atoms with van der Waals surface area (Å²) >= 11 is 0. The molecule has 1 aromatic carbocycles. The summed E-state index contributed by atoms with van der Waals surface area (Å²) in [7, 11) is 2.06. The van der Waals surface area contributed by atoms with Gasteiger partial charge in [-0.05, 0) is 42.0 Å². The summed E-state index contributed by atoms with van der Waals surface area (Å²) in [5.41, 5.74) is 8.30. The zero-order valence-electron chi connectivity index (χ0n) is 12.8. The fraction of sp³-hybridized carbons (Fsp3) is 0.625. The first-order chi connectivity index (χ1) is 8.73. The van der Waals surface area contributed by atoms with E-state index in [0.29, 0.717) is 0 Å². The van der Waals surface area contributed by atoms with Crippen LogP contribution in [0.1, 0.15) is 39.7 Å². The molecular formula is C16H27FN2. The summed E-state index contributed by atoms with van der Waals surface area (Å²) in [5, 5.41) is 0. The third kappa shape index (κ3) is 5.19. The summed E-state index contributed by atoms with van der Waals surface area (Å²) in [6.07, 6.45) is 1.62. The molecular weight excluding hydrogens is 239 g/mol. The Bertz CT molecular complexity index is 410. The minimum atomic E-state index is -0.189. The van der Waals surface area contributed by atoms with E-state index in [1.54, 1.807) is 6.07 Å². The smallest absolute Gasteiger partial charge is 0.123 e. The van der Waals surface area contributed by atoms with Crippen LogP contribution in [0.4, 0.5) is 10.1 Å². The predicted molar refractivity (Wildman–Crippen MR) is 81.1 cm³/mol. The van der Waals surface area contributed by atoms with Crippen LogP contribution < -0.4 is 10.6 Å². The third-order valence-corrected chi connectivity index (χ3v) is 3.17. The quantitative estimate of drug-likeness (QED) is 0.882. The second-order valence-electron chi connectivity index (χ2n) is 6.56. The molecule has 0 spiro atoms. The highest BCUT2D eigenvalue weighted by atomic mass is 19.1. The van der Waals surface area contributed by atoms with Crippen LogP contribution >= 0.6 is 0 Å². The van der Waals surface area contributed by atoms with Crippen molar-refractivity contribution in [2.24, 2.45) is 11.1 Å². The molecule has 0 aliphatic heterocycles. The molecule has 1 atom stereocenters. The Hall–Kier alpha value is -1.09. The number of nitrogens with zero attached hydrogens (tertiary/aromatic N) is 1. The molecule has 0 radical (unpaired) electrons. The van der Waals surface area contributed by atoms with Crippen molar-refractivity contribution < 1.29 is 4.39 Å². The van der Waals surface area contributed by atoms with Gasteiger partial charge in [-0.15, -0.1) is 0 Å². The van der Waals surface area contributed by atoms with E-state index in [2.05, 4.69) is 39.6 Å². The van der Waals surface area contributed by atoms with Crippen molar-refractivity contribution in [2.45, 2.75) is 46.6 Å².